The number of rotatable bonds is 3. The van der Waals surface area contributed by atoms with Gasteiger partial charge in [-0.2, -0.15) is 4.98 Å². The number of fused-ring (bicyclic) bond motifs is 1. The molecule has 0 spiro atoms. The molecule has 0 radical (unpaired) electrons. The minimum absolute atomic E-state index is 0.129. The van der Waals surface area contributed by atoms with Crippen molar-refractivity contribution in [2.75, 3.05) is 23.7 Å². The van der Waals surface area contributed by atoms with Crippen molar-refractivity contribution in [1.82, 2.24) is 9.55 Å². The molecule has 5 nitrogen and oxygen atoms in total. The first-order valence-corrected chi connectivity index (χ1v) is 6.39. The van der Waals surface area contributed by atoms with Crippen LogP contribution in [0.4, 0.5) is 5.69 Å². The summed E-state index contributed by atoms with van der Waals surface area (Å²) in [6.07, 6.45) is 0. The number of hydrogen-bond donors (Lipinski definition) is 1. The fourth-order valence-corrected chi connectivity index (χ4v) is 2.80. The molecule has 0 atom stereocenters. The standard InChI is InChI=1S/C10H15N3O2S/c1-3-12(4-2)7-8(14)11-10-13(9(7)15)5-6-16-10/h14H,3-6H2,1-2H3. The molecule has 2 rings (SSSR count). The maximum absolute atomic E-state index is 12.1. The summed E-state index contributed by atoms with van der Waals surface area (Å²) in [6, 6.07) is 0. The Kier molecular flexibility index (Phi) is 3.09. The van der Waals surface area contributed by atoms with Crippen molar-refractivity contribution in [3.05, 3.63) is 10.4 Å². The molecule has 88 valence electrons. The van der Waals surface area contributed by atoms with Gasteiger partial charge in [0.25, 0.3) is 5.56 Å². The van der Waals surface area contributed by atoms with E-state index in [1.807, 2.05) is 18.7 Å². The number of anilines is 1. The molecule has 1 aliphatic rings. The summed E-state index contributed by atoms with van der Waals surface area (Å²) in [4.78, 5) is 18.1. The Bertz CT molecular complexity index is 454. The van der Waals surface area contributed by atoms with Crippen molar-refractivity contribution >= 4 is 17.4 Å². The van der Waals surface area contributed by atoms with E-state index in [2.05, 4.69) is 4.98 Å². The van der Waals surface area contributed by atoms with E-state index >= 15 is 0 Å². The van der Waals surface area contributed by atoms with Crippen LogP contribution in [0.2, 0.25) is 0 Å². The average Bonchev–Trinajstić information content (AvgIpc) is 2.72. The molecule has 0 bridgehead atoms. The van der Waals surface area contributed by atoms with E-state index in [0.29, 0.717) is 30.5 Å². The lowest BCUT2D eigenvalue weighted by molar-refractivity contribution is 0.435. The Morgan fingerprint density at radius 2 is 2.19 bits per heavy atom. The fourth-order valence-electron chi connectivity index (χ4n) is 1.87. The van der Waals surface area contributed by atoms with Crippen molar-refractivity contribution in [3.8, 4) is 5.88 Å². The minimum Gasteiger partial charge on any atom is -0.492 e. The molecular formula is C10H15N3O2S. The zero-order valence-corrected chi connectivity index (χ0v) is 10.3. The molecule has 0 saturated carbocycles. The first-order valence-electron chi connectivity index (χ1n) is 5.40. The van der Waals surface area contributed by atoms with E-state index in [1.165, 1.54) is 11.8 Å². The van der Waals surface area contributed by atoms with Gasteiger partial charge in [0.1, 0.15) is 0 Å². The SMILES string of the molecule is CCN(CC)c1c(O)nc2n(c1=O)CCS2. The summed E-state index contributed by atoms with van der Waals surface area (Å²) in [5, 5.41) is 10.4. The zero-order chi connectivity index (χ0) is 11.7. The Morgan fingerprint density at radius 3 is 2.81 bits per heavy atom. The highest BCUT2D eigenvalue weighted by Crippen LogP contribution is 2.28. The predicted octanol–water partition coefficient (Wildman–Crippen LogP) is 0.901. The van der Waals surface area contributed by atoms with E-state index < -0.39 is 0 Å². The molecule has 16 heavy (non-hydrogen) atoms. The molecule has 0 aliphatic carbocycles. The summed E-state index contributed by atoms with van der Waals surface area (Å²) in [6.45, 7) is 5.96. The van der Waals surface area contributed by atoms with E-state index in [9.17, 15) is 9.90 Å². The fraction of sp³-hybridized carbons (Fsp3) is 0.600. The van der Waals surface area contributed by atoms with Gasteiger partial charge in [-0.25, -0.2) is 0 Å². The Balaban J connectivity index is 2.58. The first kappa shape index (κ1) is 11.3. The molecule has 1 aliphatic heterocycles. The van der Waals surface area contributed by atoms with Crippen LogP contribution < -0.4 is 10.5 Å². The zero-order valence-electron chi connectivity index (χ0n) is 9.43. The Hall–Kier alpha value is -1.17. The van der Waals surface area contributed by atoms with Crippen LogP contribution in [0.3, 0.4) is 0 Å². The minimum atomic E-state index is -0.144. The quantitative estimate of drug-likeness (QED) is 0.797. The van der Waals surface area contributed by atoms with Crippen molar-refractivity contribution in [2.45, 2.75) is 25.5 Å². The number of thioether (sulfide) groups is 1. The van der Waals surface area contributed by atoms with Crippen LogP contribution in [0.1, 0.15) is 13.8 Å². The van der Waals surface area contributed by atoms with Gasteiger partial charge in [0.15, 0.2) is 10.8 Å². The molecule has 0 amide bonds. The van der Waals surface area contributed by atoms with Crippen molar-refractivity contribution < 1.29 is 5.11 Å². The second-order valence-corrected chi connectivity index (χ2v) is 4.61. The second kappa shape index (κ2) is 4.37. The van der Waals surface area contributed by atoms with Gasteiger partial charge in [0.2, 0.25) is 5.88 Å². The Labute approximate surface area is 98.1 Å². The van der Waals surface area contributed by atoms with Crippen LogP contribution in [0, 0.1) is 0 Å². The third kappa shape index (κ3) is 1.67. The lowest BCUT2D eigenvalue weighted by Gasteiger charge is -2.21. The molecule has 0 saturated heterocycles. The summed E-state index contributed by atoms with van der Waals surface area (Å²) < 4.78 is 1.64. The average molecular weight is 241 g/mol. The van der Waals surface area contributed by atoms with Crippen LogP contribution in [0.5, 0.6) is 5.88 Å². The highest BCUT2D eigenvalue weighted by molar-refractivity contribution is 7.99. The molecule has 0 unspecified atom stereocenters. The van der Waals surface area contributed by atoms with Crippen molar-refractivity contribution in [1.29, 1.82) is 0 Å². The molecule has 6 heteroatoms. The number of hydrogen-bond acceptors (Lipinski definition) is 5. The van der Waals surface area contributed by atoms with E-state index in [0.717, 1.165) is 5.75 Å². The molecule has 0 aromatic carbocycles. The lowest BCUT2D eigenvalue weighted by atomic mass is 10.4. The first-order chi connectivity index (χ1) is 7.69. The van der Waals surface area contributed by atoms with Crippen LogP contribution in [0.25, 0.3) is 0 Å². The van der Waals surface area contributed by atoms with Crippen molar-refractivity contribution in [3.63, 3.8) is 0 Å². The van der Waals surface area contributed by atoms with Gasteiger partial charge in [-0.1, -0.05) is 11.8 Å². The third-order valence-electron chi connectivity index (χ3n) is 2.72. The smallest absolute Gasteiger partial charge is 0.281 e. The van der Waals surface area contributed by atoms with Crippen LogP contribution in [0.15, 0.2) is 9.95 Å². The monoisotopic (exact) mass is 241 g/mol. The van der Waals surface area contributed by atoms with Crippen LogP contribution in [-0.4, -0.2) is 33.5 Å². The van der Waals surface area contributed by atoms with E-state index in [4.69, 9.17) is 0 Å². The topological polar surface area (TPSA) is 58.4 Å². The van der Waals surface area contributed by atoms with Gasteiger partial charge in [-0.05, 0) is 13.8 Å². The van der Waals surface area contributed by atoms with Crippen molar-refractivity contribution in [2.24, 2.45) is 0 Å². The number of nitrogens with zero attached hydrogens (tertiary/aromatic N) is 3. The van der Waals surface area contributed by atoms with E-state index in [-0.39, 0.29) is 11.4 Å². The maximum Gasteiger partial charge on any atom is 0.281 e. The van der Waals surface area contributed by atoms with Gasteiger partial charge in [0, 0.05) is 25.4 Å². The van der Waals surface area contributed by atoms with Gasteiger partial charge in [-0.15, -0.1) is 0 Å². The summed E-state index contributed by atoms with van der Waals surface area (Å²) in [5.41, 5.74) is 0.201. The molecule has 1 aromatic heterocycles. The van der Waals surface area contributed by atoms with Gasteiger partial charge in [0.05, 0.1) is 0 Å². The lowest BCUT2D eigenvalue weighted by Crippen LogP contribution is -2.32. The molecule has 2 heterocycles. The molecular weight excluding hydrogens is 226 g/mol. The highest BCUT2D eigenvalue weighted by atomic mass is 32.2. The normalized spacial score (nSPS) is 13.9. The highest BCUT2D eigenvalue weighted by Gasteiger charge is 2.22. The molecule has 1 N–H and O–H groups in total. The van der Waals surface area contributed by atoms with Gasteiger partial charge >= 0.3 is 0 Å². The summed E-state index contributed by atoms with van der Waals surface area (Å²) in [5.74, 6) is 0.706. The largest absolute Gasteiger partial charge is 0.492 e. The van der Waals surface area contributed by atoms with Crippen LogP contribution >= 0.6 is 11.8 Å². The maximum atomic E-state index is 12.1. The summed E-state index contributed by atoms with van der Waals surface area (Å²) >= 11 is 1.51. The second-order valence-electron chi connectivity index (χ2n) is 3.54. The summed E-state index contributed by atoms with van der Waals surface area (Å²) in [7, 11) is 0. The predicted molar refractivity (Wildman–Crippen MR) is 64.4 cm³/mol. The Morgan fingerprint density at radius 1 is 1.50 bits per heavy atom. The molecule has 1 aromatic rings. The molecule has 0 fully saturated rings. The van der Waals surface area contributed by atoms with Gasteiger partial charge in [-0.3, -0.25) is 9.36 Å². The van der Waals surface area contributed by atoms with Crippen LogP contribution in [-0.2, 0) is 6.54 Å². The van der Waals surface area contributed by atoms with E-state index in [1.54, 1.807) is 4.57 Å². The number of aromatic nitrogens is 2. The third-order valence-corrected chi connectivity index (χ3v) is 3.67. The van der Waals surface area contributed by atoms with Gasteiger partial charge < -0.3 is 10.0 Å². The number of aromatic hydroxyl groups is 1.